The minimum absolute atomic E-state index is 0.168. The molecule has 3 heterocycles. The second-order valence-corrected chi connectivity index (χ2v) is 8.02. The Bertz CT molecular complexity index is 851. The zero-order valence-corrected chi connectivity index (χ0v) is 16.4. The Morgan fingerprint density at radius 2 is 2.07 bits per heavy atom. The predicted octanol–water partition coefficient (Wildman–Crippen LogP) is 3.95. The van der Waals surface area contributed by atoms with Crippen molar-refractivity contribution < 1.29 is 13.9 Å². The fourth-order valence-corrected chi connectivity index (χ4v) is 4.24. The number of aromatic nitrogens is 3. The van der Waals surface area contributed by atoms with Crippen LogP contribution in [0, 0.1) is 11.7 Å². The van der Waals surface area contributed by atoms with Crippen molar-refractivity contribution >= 4 is 23.2 Å². The molecule has 2 aliphatic heterocycles. The maximum absolute atomic E-state index is 13.9. The molecule has 1 fully saturated rings. The molecule has 28 heavy (non-hydrogen) atoms. The number of anilines is 1. The molecule has 8 heteroatoms. The lowest BCUT2D eigenvalue weighted by Gasteiger charge is -2.22. The third-order valence-corrected chi connectivity index (χ3v) is 5.89. The summed E-state index contributed by atoms with van der Waals surface area (Å²) < 4.78 is 21.6. The van der Waals surface area contributed by atoms with Crippen LogP contribution >= 0.6 is 11.6 Å². The van der Waals surface area contributed by atoms with Crippen molar-refractivity contribution in [2.45, 2.75) is 51.0 Å². The molecule has 0 saturated carbocycles. The van der Waals surface area contributed by atoms with Crippen molar-refractivity contribution in [3.8, 4) is 0 Å². The largest absolute Gasteiger partial charge is 0.381 e. The molecule has 1 saturated heterocycles. The van der Waals surface area contributed by atoms with E-state index in [1.165, 1.54) is 12.1 Å². The van der Waals surface area contributed by atoms with Crippen LogP contribution in [0.5, 0.6) is 0 Å². The van der Waals surface area contributed by atoms with E-state index in [2.05, 4.69) is 20.1 Å². The van der Waals surface area contributed by atoms with Gasteiger partial charge in [0.25, 0.3) is 0 Å². The van der Waals surface area contributed by atoms with E-state index in [0.29, 0.717) is 17.4 Å². The summed E-state index contributed by atoms with van der Waals surface area (Å²) in [5, 5.41) is 11.8. The summed E-state index contributed by atoms with van der Waals surface area (Å²) in [6.07, 6.45) is 4.91. The molecule has 2 aromatic rings. The van der Waals surface area contributed by atoms with Crippen LogP contribution in [0.15, 0.2) is 18.2 Å². The highest BCUT2D eigenvalue weighted by atomic mass is 35.5. The van der Waals surface area contributed by atoms with Gasteiger partial charge in [0.05, 0.1) is 5.69 Å². The van der Waals surface area contributed by atoms with Crippen molar-refractivity contribution in [1.82, 2.24) is 14.8 Å². The molecule has 1 atom stereocenters. The van der Waals surface area contributed by atoms with Crippen LogP contribution in [0.1, 0.15) is 49.7 Å². The molecular formula is C20H24ClFN4O2. The number of nitrogens with zero attached hydrogens (tertiary/aromatic N) is 3. The zero-order chi connectivity index (χ0) is 19.5. The van der Waals surface area contributed by atoms with Gasteiger partial charge < -0.3 is 14.6 Å². The molecular weight excluding hydrogens is 383 g/mol. The van der Waals surface area contributed by atoms with Gasteiger partial charge in [-0.2, -0.15) is 0 Å². The molecule has 1 aromatic carbocycles. The SMILES string of the molecule is O=C(CC1CCc2nnc(C3CCOCC3)n2CC1)Nc1ccc(Cl)cc1F. The van der Waals surface area contributed by atoms with E-state index in [4.69, 9.17) is 16.3 Å². The van der Waals surface area contributed by atoms with Gasteiger partial charge in [0.2, 0.25) is 5.91 Å². The van der Waals surface area contributed by atoms with E-state index < -0.39 is 5.82 Å². The van der Waals surface area contributed by atoms with E-state index in [9.17, 15) is 9.18 Å². The van der Waals surface area contributed by atoms with Gasteiger partial charge in [0.1, 0.15) is 17.5 Å². The fraction of sp³-hybridized carbons (Fsp3) is 0.550. The number of aryl methyl sites for hydroxylation is 1. The first-order valence-electron chi connectivity index (χ1n) is 9.85. The van der Waals surface area contributed by atoms with Crippen molar-refractivity contribution in [3.05, 3.63) is 40.7 Å². The summed E-state index contributed by atoms with van der Waals surface area (Å²) in [7, 11) is 0. The standard InChI is InChI=1S/C20H24ClFN4O2/c21-15-2-3-17(16(22)12-15)23-19(27)11-13-1-4-18-24-25-20(26(18)8-5-13)14-6-9-28-10-7-14/h2-3,12-14H,1,4-11H2,(H,23,27). The molecule has 4 rings (SSSR count). The normalized spacial score (nSPS) is 20.4. The first-order chi connectivity index (χ1) is 13.6. The smallest absolute Gasteiger partial charge is 0.224 e. The number of carbonyl (C=O) groups excluding carboxylic acids is 1. The van der Waals surface area contributed by atoms with Gasteiger partial charge >= 0.3 is 0 Å². The second-order valence-electron chi connectivity index (χ2n) is 7.58. The highest BCUT2D eigenvalue weighted by molar-refractivity contribution is 6.30. The van der Waals surface area contributed by atoms with Crippen molar-refractivity contribution in [1.29, 1.82) is 0 Å². The molecule has 2 aliphatic rings. The van der Waals surface area contributed by atoms with E-state index >= 15 is 0 Å². The number of hydrogen-bond donors (Lipinski definition) is 1. The van der Waals surface area contributed by atoms with Gasteiger partial charge in [0.15, 0.2) is 0 Å². The van der Waals surface area contributed by atoms with Crippen LogP contribution in [0.25, 0.3) is 0 Å². The number of nitrogens with one attached hydrogen (secondary N) is 1. The lowest BCUT2D eigenvalue weighted by molar-refractivity contribution is -0.117. The van der Waals surface area contributed by atoms with Gasteiger partial charge in [-0.3, -0.25) is 4.79 Å². The quantitative estimate of drug-likeness (QED) is 0.834. The Morgan fingerprint density at radius 3 is 2.86 bits per heavy atom. The number of carbonyl (C=O) groups is 1. The molecule has 1 unspecified atom stereocenters. The van der Waals surface area contributed by atoms with Crippen LogP contribution in [0.3, 0.4) is 0 Å². The first kappa shape index (κ1) is 19.3. The topological polar surface area (TPSA) is 69.0 Å². The molecule has 6 nitrogen and oxygen atoms in total. The molecule has 0 radical (unpaired) electrons. The number of hydrogen-bond acceptors (Lipinski definition) is 4. The molecule has 150 valence electrons. The Kier molecular flexibility index (Phi) is 5.92. The molecule has 0 spiro atoms. The first-order valence-corrected chi connectivity index (χ1v) is 10.2. The third-order valence-electron chi connectivity index (χ3n) is 5.66. The summed E-state index contributed by atoms with van der Waals surface area (Å²) in [6, 6.07) is 4.26. The Balaban J connectivity index is 1.36. The summed E-state index contributed by atoms with van der Waals surface area (Å²) in [6.45, 7) is 2.37. The monoisotopic (exact) mass is 406 g/mol. The minimum atomic E-state index is -0.519. The summed E-state index contributed by atoms with van der Waals surface area (Å²) >= 11 is 5.76. The van der Waals surface area contributed by atoms with E-state index in [1.807, 2.05) is 0 Å². The van der Waals surface area contributed by atoms with Gasteiger partial charge in [-0.15, -0.1) is 10.2 Å². The molecule has 1 amide bonds. The summed E-state index contributed by atoms with van der Waals surface area (Å²) in [5.41, 5.74) is 0.168. The number of ether oxygens (including phenoxy) is 1. The maximum atomic E-state index is 13.9. The minimum Gasteiger partial charge on any atom is -0.381 e. The lowest BCUT2D eigenvalue weighted by Crippen LogP contribution is -2.19. The molecule has 1 N–H and O–H groups in total. The highest BCUT2D eigenvalue weighted by Gasteiger charge is 2.27. The van der Waals surface area contributed by atoms with Crippen LogP contribution in [0.4, 0.5) is 10.1 Å². The van der Waals surface area contributed by atoms with Crippen LogP contribution in [0.2, 0.25) is 5.02 Å². The van der Waals surface area contributed by atoms with Crippen molar-refractivity contribution in [3.63, 3.8) is 0 Å². The molecule has 0 bridgehead atoms. The average Bonchev–Trinajstić information content (AvgIpc) is 3.00. The third kappa shape index (κ3) is 4.36. The molecule has 0 aliphatic carbocycles. The zero-order valence-electron chi connectivity index (χ0n) is 15.7. The number of rotatable bonds is 4. The van der Waals surface area contributed by atoms with E-state index in [1.54, 1.807) is 6.07 Å². The number of amides is 1. The predicted molar refractivity (Wildman–Crippen MR) is 104 cm³/mol. The van der Waals surface area contributed by atoms with Gasteiger partial charge in [-0.25, -0.2) is 4.39 Å². The maximum Gasteiger partial charge on any atom is 0.224 e. The van der Waals surface area contributed by atoms with E-state index in [-0.39, 0.29) is 17.5 Å². The number of halogens is 2. The fourth-order valence-electron chi connectivity index (χ4n) is 4.08. The van der Waals surface area contributed by atoms with Gasteiger partial charge in [0, 0.05) is 43.5 Å². The summed E-state index contributed by atoms with van der Waals surface area (Å²) in [4.78, 5) is 12.4. The van der Waals surface area contributed by atoms with E-state index in [0.717, 1.165) is 63.5 Å². The highest BCUT2D eigenvalue weighted by Crippen LogP contribution is 2.30. The lowest BCUT2D eigenvalue weighted by atomic mass is 9.96. The second kappa shape index (κ2) is 8.57. The van der Waals surface area contributed by atoms with Crippen molar-refractivity contribution in [2.75, 3.05) is 18.5 Å². The van der Waals surface area contributed by atoms with Crippen molar-refractivity contribution in [2.24, 2.45) is 5.92 Å². The van der Waals surface area contributed by atoms with Gasteiger partial charge in [-0.1, -0.05) is 11.6 Å². The Morgan fingerprint density at radius 1 is 1.25 bits per heavy atom. The number of fused-ring (bicyclic) bond motifs is 1. The molecule has 1 aromatic heterocycles. The van der Waals surface area contributed by atoms with Crippen LogP contribution in [-0.2, 0) is 22.5 Å². The average molecular weight is 407 g/mol. The Hall–Kier alpha value is -1.99. The summed E-state index contributed by atoms with van der Waals surface area (Å²) in [5.74, 6) is 2.02. The van der Waals surface area contributed by atoms with Gasteiger partial charge in [-0.05, 0) is 49.8 Å². The number of benzene rings is 1. The van der Waals surface area contributed by atoms with Crippen LogP contribution < -0.4 is 5.32 Å². The Labute approximate surface area is 168 Å². The van der Waals surface area contributed by atoms with Crippen LogP contribution in [-0.4, -0.2) is 33.9 Å².